The van der Waals surface area contributed by atoms with Crippen LogP contribution < -0.4 is 4.74 Å². The van der Waals surface area contributed by atoms with Gasteiger partial charge in [-0.2, -0.15) is 0 Å². The number of Topliss-reactive ketones (excluding diaryl/α,β-unsaturated/α-hetero) is 1. The van der Waals surface area contributed by atoms with Crippen molar-refractivity contribution in [1.29, 1.82) is 0 Å². The van der Waals surface area contributed by atoms with Crippen LogP contribution in [0.5, 0.6) is 5.75 Å². The summed E-state index contributed by atoms with van der Waals surface area (Å²) < 4.78 is 15.7. The number of amides is 3. The standard InChI is InChI=1S/C28H40N4O8/c1-28(2,3)40-27(37)30-12-10-21(11-13-30)31-14-15-32(24(34)17-31)16-23(33)20-6-8-22(9-7-20)38-19-26(36)39-18-25(35)29(4)5/h6-9,21H,10-19H2,1-5H3. The molecule has 1 aromatic rings. The normalized spacial score (nSPS) is 16.9. The average Bonchev–Trinajstić information content (AvgIpc) is 2.91. The molecular formula is C28H40N4O8. The number of nitrogens with zero attached hydrogens (tertiary/aromatic N) is 4. The molecule has 2 heterocycles. The maximum Gasteiger partial charge on any atom is 0.410 e. The molecule has 3 rings (SSSR count). The van der Waals surface area contributed by atoms with Crippen molar-refractivity contribution in [2.75, 3.05) is 66.6 Å². The number of likely N-dealkylation sites (tertiary alicyclic amines) is 1. The second-order valence-corrected chi connectivity index (χ2v) is 11.2. The number of carbonyl (C=O) groups excluding carboxylic acids is 5. The summed E-state index contributed by atoms with van der Waals surface area (Å²) in [5, 5.41) is 0. The molecule has 3 amide bonds. The Morgan fingerprint density at radius 1 is 0.950 bits per heavy atom. The number of hydrogen-bond donors (Lipinski definition) is 0. The number of benzene rings is 1. The maximum absolute atomic E-state index is 12.8. The van der Waals surface area contributed by atoms with E-state index in [0.717, 1.165) is 12.8 Å². The van der Waals surface area contributed by atoms with Gasteiger partial charge < -0.3 is 28.9 Å². The van der Waals surface area contributed by atoms with E-state index in [4.69, 9.17) is 14.2 Å². The lowest BCUT2D eigenvalue weighted by atomic mass is 10.0. The molecule has 0 spiro atoms. The smallest absolute Gasteiger partial charge is 0.410 e. The van der Waals surface area contributed by atoms with Crippen molar-refractivity contribution in [3.05, 3.63) is 29.8 Å². The maximum atomic E-state index is 12.8. The Labute approximate surface area is 235 Å². The van der Waals surface area contributed by atoms with Gasteiger partial charge in [0, 0.05) is 51.9 Å². The molecule has 1 aromatic carbocycles. The lowest BCUT2D eigenvalue weighted by Gasteiger charge is -2.42. The topological polar surface area (TPSA) is 126 Å². The Kier molecular flexibility index (Phi) is 10.5. The molecule has 2 saturated heterocycles. The zero-order valence-corrected chi connectivity index (χ0v) is 24.0. The van der Waals surface area contributed by atoms with E-state index in [1.54, 1.807) is 48.2 Å². The number of rotatable bonds is 9. The molecule has 0 N–H and O–H groups in total. The first-order chi connectivity index (χ1) is 18.8. The third-order valence-corrected chi connectivity index (χ3v) is 6.70. The molecule has 0 aromatic heterocycles. The highest BCUT2D eigenvalue weighted by Gasteiger charge is 2.33. The average molecular weight is 561 g/mol. The van der Waals surface area contributed by atoms with E-state index >= 15 is 0 Å². The molecule has 12 nitrogen and oxygen atoms in total. The molecule has 2 aliphatic heterocycles. The van der Waals surface area contributed by atoms with Crippen molar-refractivity contribution in [1.82, 2.24) is 19.6 Å². The highest BCUT2D eigenvalue weighted by atomic mass is 16.6. The van der Waals surface area contributed by atoms with Crippen LogP contribution in [0.4, 0.5) is 4.79 Å². The molecule has 12 heteroatoms. The van der Waals surface area contributed by atoms with Gasteiger partial charge in [-0.05, 0) is 57.9 Å². The second kappa shape index (κ2) is 13.6. The summed E-state index contributed by atoms with van der Waals surface area (Å²) in [6.07, 6.45) is 1.23. The van der Waals surface area contributed by atoms with Crippen LogP contribution in [0.2, 0.25) is 0 Å². The number of hydrogen-bond acceptors (Lipinski definition) is 9. The van der Waals surface area contributed by atoms with Gasteiger partial charge in [-0.1, -0.05) is 0 Å². The number of ketones is 1. The van der Waals surface area contributed by atoms with Crippen LogP contribution in [0.1, 0.15) is 44.0 Å². The summed E-state index contributed by atoms with van der Waals surface area (Å²) in [4.78, 5) is 67.9. The molecule has 0 radical (unpaired) electrons. The minimum Gasteiger partial charge on any atom is -0.482 e. The van der Waals surface area contributed by atoms with Crippen LogP contribution >= 0.6 is 0 Å². The molecule has 0 aliphatic carbocycles. The Morgan fingerprint density at radius 3 is 2.17 bits per heavy atom. The van der Waals surface area contributed by atoms with E-state index < -0.39 is 11.6 Å². The monoisotopic (exact) mass is 560 g/mol. The van der Waals surface area contributed by atoms with E-state index in [2.05, 4.69) is 4.90 Å². The second-order valence-electron chi connectivity index (χ2n) is 11.2. The van der Waals surface area contributed by atoms with Crippen molar-refractivity contribution in [3.8, 4) is 5.75 Å². The van der Waals surface area contributed by atoms with E-state index in [0.29, 0.717) is 37.5 Å². The summed E-state index contributed by atoms with van der Waals surface area (Å²) in [5.41, 5.74) is -0.106. The third kappa shape index (κ3) is 9.22. The number of piperazine rings is 1. The van der Waals surface area contributed by atoms with Gasteiger partial charge in [0.2, 0.25) is 5.91 Å². The van der Waals surface area contributed by atoms with Gasteiger partial charge in [0.15, 0.2) is 19.0 Å². The molecule has 2 aliphatic rings. The van der Waals surface area contributed by atoms with Crippen molar-refractivity contribution in [2.45, 2.75) is 45.3 Å². The van der Waals surface area contributed by atoms with E-state index in [-0.39, 0.29) is 56.0 Å². The summed E-state index contributed by atoms with van der Waals surface area (Å²) in [7, 11) is 3.12. The van der Waals surface area contributed by atoms with Crippen LogP contribution in [-0.2, 0) is 23.9 Å². The van der Waals surface area contributed by atoms with Gasteiger partial charge in [0.05, 0.1) is 13.1 Å². The van der Waals surface area contributed by atoms with Crippen molar-refractivity contribution >= 4 is 29.7 Å². The fourth-order valence-electron chi connectivity index (χ4n) is 4.40. The summed E-state index contributed by atoms with van der Waals surface area (Å²) in [6.45, 7) is 7.33. The molecule has 0 atom stereocenters. The molecule has 2 fully saturated rings. The van der Waals surface area contributed by atoms with Crippen LogP contribution in [0.3, 0.4) is 0 Å². The largest absolute Gasteiger partial charge is 0.482 e. The Balaban J connectivity index is 1.40. The molecule has 40 heavy (non-hydrogen) atoms. The third-order valence-electron chi connectivity index (χ3n) is 6.70. The molecule has 0 unspecified atom stereocenters. The van der Waals surface area contributed by atoms with Gasteiger partial charge in [-0.25, -0.2) is 9.59 Å². The van der Waals surface area contributed by atoms with Crippen molar-refractivity contribution in [3.63, 3.8) is 0 Å². The summed E-state index contributed by atoms with van der Waals surface area (Å²) in [5.74, 6) is -0.936. The zero-order chi connectivity index (χ0) is 29.4. The van der Waals surface area contributed by atoms with Crippen molar-refractivity contribution in [2.24, 2.45) is 0 Å². The fourth-order valence-corrected chi connectivity index (χ4v) is 4.40. The minimum absolute atomic E-state index is 0.0177. The van der Waals surface area contributed by atoms with Crippen molar-refractivity contribution < 1.29 is 38.2 Å². The minimum atomic E-state index is -0.679. The predicted octanol–water partition coefficient (Wildman–Crippen LogP) is 1.42. The Bertz CT molecular complexity index is 1070. The molecular weight excluding hydrogens is 520 g/mol. The number of carbonyl (C=O) groups is 5. The van der Waals surface area contributed by atoms with Gasteiger partial charge >= 0.3 is 12.1 Å². The summed E-state index contributed by atoms with van der Waals surface area (Å²) in [6, 6.07) is 6.50. The number of piperidine rings is 1. The Morgan fingerprint density at radius 2 is 1.60 bits per heavy atom. The van der Waals surface area contributed by atoms with Crippen LogP contribution in [-0.4, -0.2) is 127 Å². The first-order valence-electron chi connectivity index (χ1n) is 13.4. The van der Waals surface area contributed by atoms with E-state index in [1.807, 2.05) is 20.8 Å². The highest BCUT2D eigenvalue weighted by Crippen LogP contribution is 2.21. The van der Waals surface area contributed by atoms with E-state index in [1.165, 1.54) is 4.90 Å². The lowest BCUT2D eigenvalue weighted by Crippen LogP contribution is -2.56. The molecule has 0 bridgehead atoms. The molecule has 0 saturated carbocycles. The van der Waals surface area contributed by atoms with Gasteiger partial charge in [0.25, 0.3) is 5.91 Å². The number of ether oxygens (including phenoxy) is 3. The van der Waals surface area contributed by atoms with Crippen LogP contribution in [0.15, 0.2) is 24.3 Å². The van der Waals surface area contributed by atoms with Gasteiger partial charge in [-0.15, -0.1) is 0 Å². The molecule has 220 valence electrons. The van der Waals surface area contributed by atoms with E-state index in [9.17, 15) is 24.0 Å². The lowest BCUT2D eigenvalue weighted by molar-refractivity contribution is -0.152. The van der Waals surface area contributed by atoms with Gasteiger partial charge in [-0.3, -0.25) is 19.3 Å². The highest BCUT2D eigenvalue weighted by molar-refractivity contribution is 5.99. The SMILES string of the molecule is CN(C)C(=O)COC(=O)COc1ccc(C(=O)CN2CCN(C3CCN(C(=O)OC(C)(C)C)CC3)CC2=O)cc1. The van der Waals surface area contributed by atoms with Crippen LogP contribution in [0.25, 0.3) is 0 Å². The number of likely N-dealkylation sites (N-methyl/N-ethyl adjacent to an activating group) is 1. The Hall–Kier alpha value is -3.67. The van der Waals surface area contributed by atoms with Gasteiger partial charge in [0.1, 0.15) is 11.4 Å². The number of esters is 1. The quantitative estimate of drug-likeness (QED) is 0.326. The predicted molar refractivity (Wildman–Crippen MR) is 145 cm³/mol. The first-order valence-corrected chi connectivity index (χ1v) is 13.4. The fraction of sp³-hybridized carbons (Fsp3) is 0.607. The summed E-state index contributed by atoms with van der Waals surface area (Å²) >= 11 is 0. The first kappa shape index (κ1) is 30.9. The van der Waals surface area contributed by atoms with Crippen LogP contribution in [0, 0.1) is 0 Å². The zero-order valence-electron chi connectivity index (χ0n) is 24.0.